The van der Waals surface area contributed by atoms with E-state index in [4.69, 9.17) is 0 Å². The third-order valence-corrected chi connectivity index (χ3v) is 3.83. The summed E-state index contributed by atoms with van der Waals surface area (Å²) >= 11 is 0. The van der Waals surface area contributed by atoms with E-state index in [1.807, 2.05) is 33.7 Å². The number of hydrogen-bond donors (Lipinski definition) is 1. The van der Waals surface area contributed by atoms with E-state index in [0.717, 1.165) is 28.5 Å². The van der Waals surface area contributed by atoms with E-state index in [2.05, 4.69) is 28.9 Å². The van der Waals surface area contributed by atoms with Crippen molar-refractivity contribution in [1.29, 1.82) is 0 Å². The summed E-state index contributed by atoms with van der Waals surface area (Å²) < 4.78 is 1.91. The second-order valence-corrected chi connectivity index (χ2v) is 5.22. The van der Waals surface area contributed by atoms with E-state index in [0.29, 0.717) is 6.54 Å². The van der Waals surface area contributed by atoms with Crippen LogP contribution < -0.4 is 4.90 Å². The largest absolute Gasteiger partial charge is 0.508 e. The van der Waals surface area contributed by atoms with E-state index in [1.165, 1.54) is 0 Å². The van der Waals surface area contributed by atoms with Crippen LogP contribution in [0.2, 0.25) is 0 Å². The fraction of sp³-hybridized carbons (Fsp3) is 0.0588. The number of nitrogens with zero attached hydrogens (tertiary/aromatic N) is 4. The lowest BCUT2D eigenvalue weighted by atomic mass is 10.1. The fourth-order valence-corrected chi connectivity index (χ4v) is 2.75. The summed E-state index contributed by atoms with van der Waals surface area (Å²) in [5, 5.41) is 18.0. The highest BCUT2D eigenvalue weighted by Crippen LogP contribution is 2.37. The molecule has 5 heteroatoms. The molecular weight excluding hydrogens is 276 g/mol. The van der Waals surface area contributed by atoms with Gasteiger partial charge in [0.05, 0.1) is 12.2 Å². The number of aromatic nitrogens is 3. The molecule has 1 aromatic heterocycles. The summed E-state index contributed by atoms with van der Waals surface area (Å²) in [5.74, 6) is 0.947. The molecule has 0 aliphatic carbocycles. The van der Waals surface area contributed by atoms with Gasteiger partial charge in [-0.05, 0) is 23.8 Å². The topological polar surface area (TPSA) is 54.2 Å². The van der Waals surface area contributed by atoms with Crippen molar-refractivity contribution >= 4 is 11.6 Å². The molecule has 4 rings (SSSR count). The maximum absolute atomic E-state index is 9.78. The van der Waals surface area contributed by atoms with Gasteiger partial charge in [-0.1, -0.05) is 36.9 Å². The van der Waals surface area contributed by atoms with Gasteiger partial charge in [0.15, 0.2) is 0 Å². The van der Waals surface area contributed by atoms with Crippen LogP contribution in [-0.2, 0) is 6.54 Å². The monoisotopic (exact) mass is 290 g/mol. The molecule has 0 fully saturated rings. The molecule has 0 atom stereocenters. The third-order valence-electron chi connectivity index (χ3n) is 3.83. The van der Waals surface area contributed by atoms with Crippen LogP contribution in [0.5, 0.6) is 5.75 Å². The zero-order chi connectivity index (χ0) is 15.1. The quantitative estimate of drug-likeness (QED) is 0.788. The van der Waals surface area contributed by atoms with Gasteiger partial charge in [0.2, 0.25) is 5.95 Å². The number of aromatic hydroxyl groups is 1. The van der Waals surface area contributed by atoms with Crippen molar-refractivity contribution in [3.8, 4) is 11.4 Å². The Kier molecular flexibility index (Phi) is 2.72. The SMILES string of the molecule is C=C1c2cc(O)ccc2-n2cnnc2N1Cc1ccccc1. The van der Waals surface area contributed by atoms with Crippen LogP contribution in [0.3, 0.4) is 0 Å². The minimum Gasteiger partial charge on any atom is -0.508 e. The van der Waals surface area contributed by atoms with Crippen LogP contribution in [0, 0.1) is 0 Å². The lowest BCUT2D eigenvalue weighted by Crippen LogP contribution is -2.28. The smallest absolute Gasteiger partial charge is 0.236 e. The Bertz CT molecular complexity index is 854. The Morgan fingerprint density at radius 3 is 2.73 bits per heavy atom. The molecule has 1 aliphatic heterocycles. The van der Waals surface area contributed by atoms with Gasteiger partial charge in [-0.3, -0.25) is 4.57 Å². The van der Waals surface area contributed by atoms with Crippen LogP contribution in [0.1, 0.15) is 11.1 Å². The highest BCUT2D eigenvalue weighted by molar-refractivity contribution is 5.84. The number of phenols is 1. The van der Waals surface area contributed by atoms with E-state index in [1.54, 1.807) is 18.5 Å². The van der Waals surface area contributed by atoms with Crippen LogP contribution in [0.25, 0.3) is 11.4 Å². The van der Waals surface area contributed by atoms with Crippen molar-refractivity contribution in [2.75, 3.05) is 4.90 Å². The van der Waals surface area contributed by atoms with E-state index < -0.39 is 0 Å². The first-order valence-electron chi connectivity index (χ1n) is 6.98. The lowest BCUT2D eigenvalue weighted by Gasteiger charge is -2.31. The van der Waals surface area contributed by atoms with E-state index in [9.17, 15) is 5.11 Å². The maximum Gasteiger partial charge on any atom is 0.236 e. The molecule has 0 spiro atoms. The predicted octanol–water partition coefficient (Wildman–Crippen LogP) is 2.96. The van der Waals surface area contributed by atoms with Gasteiger partial charge in [0, 0.05) is 11.3 Å². The first kappa shape index (κ1) is 12.6. The molecule has 22 heavy (non-hydrogen) atoms. The van der Waals surface area contributed by atoms with Gasteiger partial charge in [0.25, 0.3) is 0 Å². The molecule has 0 unspecified atom stereocenters. The highest BCUT2D eigenvalue weighted by atomic mass is 16.3. The average Bonchev–Trinajstić information content (AvgIpc) is 3.02. The van der Waals surface area contributed by atoms with Crippen LogP contribution >= 0.6 is 0 Å². The number of phenolic OH excluding ortho intramolecular Hbond substituents is 1. The number of anilines is 1. The van der Waals surface area contributed by atoms with Gasteiger partial charge >= 0.3 is 0 Å². The zero-order valence-corrected chi connectivity index (χ0v) is 11.8. The molecule has 3 aromatic rings. The summed E-state index contributed by atoms with van der Waals surface area (Å²) in [4.78, 5) is 2.00. The van der Waals surface area contributed by atoms with Gasteiger partial charge < -0.3 is 10.0 Å². The second-order valence-electron chi connectivity index (χ2n) is 5.22. The van der Waals surface area contributed by atoms with Gasteiger partial charge in [0.1, 0.15) is 12.1 Å². The molecular formula is C17H14N4O. The predicted molar refractivity (Wildman–Crippen MR) is 84.7 cm³/mol. The molecule has 2 heterocycles. The number of benzene rings is 2. The number of hydrogen-bond acceptors (Lipinski definition) is 4. The molecule has 0 amide bonds. The van der Waals surface area contributed by atoms with Gasteiger partial charge in [-0.15, -0.1) is 10.2 Å². The van der Waals surface area contributed by atoms with E-state index in [-0.39, 0.29) is 5.75 Å². The Morgan fingerprint density at radius 2 is 1.91 bits per heavy atom. The first-order chi connectivity index (χ1) is 10.7. The standard InChI is InChI=1S/C17H14N4O/c1-12-15-9-14(22)7-8-16(15)21-11-18-19-17(21)20(12)10-13-5-3-2-4-6-13/h2-9,11,22H,1,10H2. The first-order valence-corrected chi connectivity index (χ1v) is 6.98. The minimum atomic E-state index is 0.219. The van der Waals surface area contributed by atoms with Crippen molar-refractivity contribution in [3.63, 3.8) is 0 Å². The summed E-state index contributed by atoms with van der Waals surface area (Å²) in [7, 11) is 0. The second kappa shape index (κ2) is 4.73. The third kappa shape index (κ3) is 1.87. The molecule has 0 saturated heterocycles. The van der Waals surface area contributed by atoms with Crippen LogP contribution in [0.4, 0.5) is 5.95 Å². The summed E-state index contributed by atoms with van der Waals surface area (Å²) in [6, 6.07) is 15.4. The zero-order valence-electron chi connectivity index (χ0n) is 11.8. The Labute approximate surface area is 127 Å². The van der Waals surface area contributed by atoms with E-state index >= 15 is 0 Å². The maximum atomic E-state index is 9.78. The van der Waals surface area contributed by atoms with Crippen molar-refractivity contribution in [3.05, 3.63) is 72.6 Å². The van der Waals surface area contributed by atoms with Crippen LogP contribution in [-0.4, -0.2) is 19.9 Å². The molecule has 1 aliphatic rings. The van der Waals surface area contributed by atoms with Crippen molar-refractivity contribution in [1.82, 2.24) is 14.8 Å². The van der Waals surface area contributed by atoms with Gasteiger partial charge in [-0.25, -0.2) is 0 Å². The molecule has 0 bridgehead atoms. The van der Waals surface area contributed by atoms with Crippen molar-refractivity contribution in [2.45, 2.75) is 6.54 Å². The average molecular weight is 290 g/mol. The number of fused-ring (bicyclic) bond motifs is 3. The highest BCUT2D eigenvalue weighted by Gasteiger charge is 2.27. The minimum absolute atomic E-state index is 0.219. The Balaban J connectivity index is 1.83. The summed E-state index contributed by atoms with van der Waals surface area (Å²) in [6.45, 7) is 4.83. The molecule has 5 nitrogen and oxygen atoms in total. The van der Waals surface area contributed by atoms with Crippen LogP contribution in [0.15, 0.2) is 61.4 Å². The Morgan fingerprint density at radius 1 is 1.09 bits per heavy atom. The molecule has 1 N–H and O–H groups in total. The summed E-state index contributed by atoms with van der Waals surface area (Å²) in [5.41, 5.74) is 3.76. The molecule has 0 saturated carbocycles. The van der Waals surface area contributed by atoms with Gasteiger partial charge in [-0.2, -0.15) is 0 Å². The number of rotatable bonds is 2. The van der Waals surface area contributed by atoms with Crippen molar-refractivity contribution in [2.24, 2.45) is 0 Å². The lowest BCUT2D eigenvalue weighted by molar-refractivity contribution is 0.475. The Hall–Kier alpha value is -3.08. The normalized spacial score (nSPS) is 12.9. The van der Waals surface area contributed by atoms with Crippen molar-refractivity contribution < 1.29 is 5.11 Å². The summed E-state index contributed by atoms with van der Waals surface area (Å²) in [6.07, 6.45) is 1.68. The molecule has 0 radical (unpaired) electrons. The molecule has 108 valence electrons. The molecule has 2 aromatic carbocycles. The fourth-order valence-electron chi connectivity index (χ4n) is 2.75.